The molecule has 0 aromatic carbocycles. The van der Waals surface area contributed by atoms with E-state index in [9.17, 15) is 5.11 Å². The lowest BCUT2D eigenvalue weighted by Gasteiger charge is -2.10. The van der Waals surface area contributed by atoms with E-state index in [-0.39, 0.29) is 6.61 Å². The Morgan fingerprint density at radius 1 is 1.50 bits per heavy atom. The van der Waals surface area contributed by atoms with Crippen LogP contribution in [0.4, 0.5) is 0 Å². The van der Waals surface area contributed by atoms with Crippen LogP contribution < -0.4 is 5.32 Å². The Labute approximate surface area is 104 Å². The summed E-state index contributed by atoms with van der Waals surface area (Å²) in [6, 6.07) is 3.61. The van der Waals surface area contributed by atoms with Crippen molar-refractivity contribution in [1.29, 1.82) is 0 Å². The first-order valence-electron chi connectivity index (χ1n) is 5.59. The number of aliphatic hydroxyl groups is 1. The molecule has 0 amide bonds. The van der Waals surface area contributed by atoms with Crippen molar-refractivity contribution < 1.29 is 18.8 Å². The molecule has 7 heteroatoms. The lowest BCUT2D eigenvalue weighted by molar-refractivity contribution is 0.0225. The summed E-state index contributed by atoms with van der Waals surface area (Å²) in [5.41, 5.74) is 0. The summed E-state index contributed by atoms with van der Waals surface area (Å²) < 4.78 is 15.0. The number of aromatic nitrogens is 2. The Morgan fingerprint density at radius 3 is 3.17 bits per heavy atom. The topological polar surface area (TPSA) is 93.6 Å². The molecule has 0 aliphatic carbocycles. The number of hydrogen-bond donors (Lipinski definition) is 2. The summed E-state index contributed by atoms with van der Waals surface area (Å²) in [7, 11) is 0. The van der Waals surface area contributed by atoms with Gasteiger partial charge in [0.2, 0.25) is 6.39 Å². The second-order valence-corrected chi connectivity index (χ2v) is 3.73. The molecule has 0 fully saturated rings. The maximum Gasteiger partial charge on any atom is 0.213 e. The van der Waals surface area contributed by atoms with E-state index in [1.54, 1.807) is 12.3 Å². The van der Waals surface area contributed by atoms with Crippen LogP contribution in [0.15, 0.2) is 33.7 Å². The van der Waals surface area contributed by atoms with E-state index >= 15 is 0 Å². The van der Waals surface area contributed by atoms with Crippen molar-refractivity contribution in [2.24, 2.45) is 0 Å². The average molecular weight is 253 g/mol. The Bertz CT molecular complexity index is 375. The summed E-state index contributed by atoms with van der Waals surface area (Å²) in [5.74, 6) is 1.29. The maximum atomic E-state index is 9.62. The molecule has 0 aliphatic rings. The third-order valence-corrected chi connectivity index (χ3v) is 2.20. The molecule has 2 aromatic rings. The van der Waals surface area contributed by atoms with Crippen LogP contribution in [0.3, 0.4) is 0 Å². The van der Waals surface area contributed by atoms with Gasteiger partial charge in [-0.25, -0.2) is 0 Å². The molecule has 98 valence electrons. The SMILES string of the molecule is OC(CNCc1ncon1)COCc1ccco1. The molecule has 0 aliphatic heterocycles. The zero-order valence-electron chi connectivity index (χ0n) is 9.78. The zero-order valence-corrected chi connectivity index (χ0v) is 9.78. The number of aliphatic hydroxyl groups excluding tert-OH is 1. The second-order valence-electron chi connectivity index (χ2n) is 3.73. The number of hydrogen-bond acceptors (Lipinski definition) is 7. The normalized spacial score (nSPS) is 12.7. The monoisotopic (exact) mass is 253 g/mol. The lowest BCUT2D eigenvalue weighted by Crippen LogP contribution is -2.30. The standard InChI is InChI=1S/C11H15N3O4/c15-9(4-12-5-11-13-8-18-14-11)6-16-7-10-2-1-3-17-10/h1-3,8-9,12,15H,4-7H2. The number of furan rings is 1. The van der Waals surface area contributed by atoms with Gasteiger partial charge in [0.25, 0.3) is 0 Å². The van der Waals surface area contributed by atoms with Gasteiger partial charge in [0, 0.05) is 6.54 Å². The number of ether oxygens (including phenoxy) is 1. The Kier molecular flexibility index (Phi) is 4.88. The highest BCUT2D eigenvalue weighted by Crippen LogP contribution is 2.01. The summed E-state index contributed by atoms with van der Waals surface area (Å²) in [5, 5.41) is 16.3. The molecule has 1 atom stereocenters. The third kappa shape index (κ3) is 4.28. The first kappa shape index (κ1) is 12.7. The predicted molar refractivity (Wildman–Crippen MR) is 60.4 cm³/mol. The van der Waals surface area contributed by atoms with E-state index in [1.165, 1.54) is 6.39 Å². The molecule has 0 bridgehead atoms. The molecule has 2 rings (SSSR count). The van der Waals surface area contributed by atoms with Crippen molar-refractivity contribution in [2.45, 2.75) is 19.3 Å². The highest BCUT2D eigenvalue weighted by Gasteiger charge is 2.06. The third-order valence-electron chi connectivity index (χ3n) is 2.20. The van der Waals surface area contributed by atoms with Crippen molar-refractivity contribution in [3.63, 3.8) is 0 Å². The van der Waals surface area contributed by atoms with Crippen LogP contribution in [0, 0.1) is 0 Å². The highest BCUT2D eigenvalue weighted by atomic mass is 16.5. The first-order valence-corrected chi connectivity index (χ1v) is 5.59. The zero-order chi connectivity index (χ0) is 12.6. The van der Waals surface area contributed by atoms with E-state index in [4.69, 9.17) is 9.15 Å². The fourth-order valence-electron chi connectivity index (χ4n) is 1.37. The summed E-state index contributed by atoms with van der Waals surface area (Å²) in [4.78, 5) is 3.84. The largest absolute Gasteiger partial charge is 0.467 e. The minimum absolute atomic E-state index is 0.236. The predicted octanol–water partition coefficient (Wildman–Crippen LogP) is 0.330. The van der Waals surface area contributed by atoms with Crippen molar-refractivity contribution in [1.82, 2.24) is 15.5 Å². The fourth-order valence-corrected chi connectivity index (χ4v) is 1.37. The molecule has 2 heterocycles. The van der Waals surface area contributed by atoms with Crippen LogP contribution in [-0.2, 0) is 17.9 Å². The number of nitrogens with zero attached hydrogens (tertiary/aromatic N) is 2. The van der Waals surface area contributed by atoms with Crippen molar-refractivity contribution in [3.05, 3.63) is 36.4 Å². The van der Waals surface area contributed by atoms with Gasteiger partial charge in [0.05, 0.1) is 25.5 Å². The van der Waals surface area contributed by atoms with Crippen molar-refractivity contribution in [3.8, 4) is 0 Å². The van der Waals surface area contributed by atoms with Crippen molar-refractivity contribution in [2.75, 3.05) is 13.2 Å². The maximum absolute atomic E-state index is 9.62. The summed E-state index contributed by atoms with van der Waals surface area (Å²) in [6.45, 7) is 1.44. The fraction of sp³-hybridized carbons (Fsp3) is 0.455. The molecule has 2 N–H and O–H groups in total. The molecule has 0 spiro atoms. The summed E-state index contributed by atoms with van der Waals surface area (Å²) >= 11 is 0. The van der Waals surface area contributed by atoms with Gasteiger partial charge in [0.15, 0.2) is 5.82 Å². The van der Waals surface area contributed by atoms with Gasteiger partial charge in [-0.1, -0.05) is 5.16 Å². The van der Waals surface area contributed by atoms with Crippen LogP contribution in [0.1, 0.15) is 11.6 Å². The Hall–Kier alpha value is -1.70. The molecule has 18 heavy (non-hydrogen) atoms. The smallest absolute Gasteiger partial charge is 0.213 e. The number of rotatable bonds is 8. The highest BCUT2D eigenvalue weighted by molar-refractivity contribution is 4.96. The molecular formula is C11H15N3O4. The van der Waals surface area contributed by atoms with Gasteiger partial charge in [0.1, 0.15) is 12.4 Å². The minimum atomic E-state index is -0.591. The summed E-state index contributed by atoms with van der Waals surface area (Å²) in [6.07, 6.45) is 2.26. The van der Waals surface area contributed by atoms with Crippen LogP contribution >= 0.6 is 0 Å². The van der Waals surface area contributed by atoms with E-state index in [0.29, 0.717) is 25.5 Å². The van der Waals surface area contributed by atoms with Gasteiger partial charge >= 0.3 is 0 Å². The van der Waals surface area contributed by atoms with E-state index in [1.807, 2.05) is 6.07 Å². The Morgan fingerprint density at radius 2 is 2.44 bits per heavy atom. The molecule has 2 aromatic heterocycles. The first-order chi connectivity index (χ1) is 8.84. The van der Waals surface area contributed by atoms with Gasteiger partial charge in [-0.15, -0.1) is 0 Å². The second kappa shape index (κ2) is 6.90. The van der Waals surface area contributed by atoms with Crippen LogP contribution in [0.5, 0.6) is 0 Å². The Balaban J connectivity index is 1.53. The number of nitrogens with one attached hydrogen (secondary N) is 1. The lowest BCUT2D eigenvalue weighted by atomic mass is 10.3. The molecule has 0 saturated heterocycles. The van der Waals surface area contributed by atoms with Gasteiger partial charge in [-0.05, 0) is 12.1 Å². The van der Waals surface area contributed by atoms with Crippen LogP contribution in [0.25, 0.3) is 0 Å². The molecule has 7 nitrogen and oxygen atoms in total. The molecular weight excluding hydrogens is 238 g/mol. The van der Waals surface area contributed by atoms with E-state index in [0.717, 1.165) is 5.76 Å². The van der Waals surface area contributed by atoms with Gasteiger partial charge in [-0.2, -0.15) is 4.98 Å². The average Bonchev–Trinajstić information content (AvgIpc) is 3.01. The van der Waals surface area contributed by atoms with Crippen molar-refractivity contribution >= 4 is 0 Å². The van der Waals surface area contributed by atoms with E-state index in [2.05, 4.69) is 20.0 Å². The van der Waals surface area contributed by atoms with Gasteiger partial charge < -0.3 is 24.1 Å². The van der Waals surface area contributed by atoms with Gasteiger partial charge in [-0.3, -0.25) is 0 Å². The van der Waals surface area contributed by atoms with Crippen LogP contribution in [0.2, 0.25) is 0 Å². The minimum Gasteiger partial charge on any atom is -0.467 e. The molecule has 0 radical (unpaired) electrons. The van der Waals surface area contributed by atoms with Crippen LogP contribution in [-0.4, -0.2) is 34.5 Å². The molecule has 0 saturated carbocycles. The molecule has 1 unspecified atom stereocenters. The quantitative estimate of drug-likeness (QED) is 0.700. The van der Waals surface area contributed by atoms with E-state index < -0.39 is 6.10 Å².